The van der Waals surface area contributed by atoms with Crippen LogP contribution in [0.4, 0.5) is 11.6 Å². The van der Waals surface area contributed by atoms with Gasteiger partial charge in [0.2, 0.25) is 5.95 Å². The Morgan fingerprint density at radius 1 is 1.13 bits per heavy atom. The molecule has 5 nitrogen and oxygen atoms in total. The van der Waals surface area contributed by atoms with E-state index in [1.807, 2.05) is 29.2 Å². The van der Waals surface area contributed by atoms with Gasteiger partial charge in [-0.15, -0.1) is 0 Å². The van der Waals surface area contributed by atoms with E-state index in [-0.39, 0.29) is 5.91 Å². The molecular weight excluding hydrogens is 356 g/mol. The Bertz CT molecular complexity index is 639. The molecule has 1 aromatic carbocycles. The van der Waals surface area contributed by atoms with Gasteiger partial charge in [0.15, 0.2) is 0 Å². The second-order valence-corrected chi connectivity index (χ2v) is 6.05. The van der Waals surface area contributed by atoms with Crippen molar-refractivity contribution < 1.29 is 4.79 Å². The quantitative estimate of drug-likeness (QED) is 0.784. The van der Waals surface area contributed by atoms with Crippen molar-refractivity contribution in [3.8, 4) is 0 Å². The number of aromatic nitrogens is 2. The highest BCUT2D eigenvalue weighted by atomic mass is 79.9. The highest BCUT2D eigenvalue weighted by molar-refractivity contribution is 9.10. The fraction of sp³-hybridized carbons (Fsp3) is 0.353. The van der Waals surface area contributed by atoms with Gasteiger partial charge in [-0.3, -0.25) is 4.79 Å². The van der Waals surface area contributed by atoms with Crippen molar-refractivity contribution in [3.63, 3.8) is 0 Å². The summed E-state index contributed by atoms with van der Waals surface area (Å²) >= 11 is 3.47. The van der Waals surface area contributed by atoms with E-state index < -0.39 is 0 Å². The van der Waals surface area contributed by atoms with E-state index in [9.17, 15) is 4.79 Å². The molecule has 0 saturated heterocycles. The molecule has 1 aromatic heterocycles. The fourth-order valence-corrected chi connectivity index (χ4v) is 2.61. The van der Waals surface area contributed by atoms with Gasteiger partial charge < -0.3 is 10.2 Å². The Labute approximate surface area is 145 Å². The lowest BCUT2D eigenvalue weighted by atomic mass is 10.2. The lowest BCUT2D eigenvalue weighted by Gasteiger charge is -2.21. The lowest BCUT2D eigenvalue weighted by molar-refractivity contribution is 0.0755. The van der Waals surface area contributed by atoms with Gasteiger partial charge in [-0.1, -0.05) is 26.0 Å². The van der Waals surface area contributed by atoms with E-state index in [0.717, 1.165) is 36.1 Å². The summed E-state index contributed by atoms with van der Waals surface area (Å²) in [5.74, 6) is 0.451. The van der Waals surface area contributed by atoms with E-state index in [4.69, 9.17) is 0 Å². The second-order valence-electron chi connectivity index (χ2n) is 5.19. The first-order valence-electron chi connectivity index (χ1n) is 7.78. The van der Waals surface area contributed by atoms with Crippen molar-refractivity contribution in [2.45, 2.75) is 26.7 Å². The normalized spacial score (nSPS) is 10.4. The maximum atomic E-state index is 12.5. The van der Waals surface area contributed by atoms with Crippen LogP contribution in [0.2, 0.25) is 0 Å². The third-order valence-corrected chi connectivity index (χ3v) is 3.98. The average Bonchev–Trinajstić information content (AvgIpc) is 2.57. The molecule has 0 aliphatic heterocycles. The number of hydrogen-bond donors (Lipinski definition) is 1. The molecule has 0 atom stereocenters. The van der Waals surface area contributed by atoms with E-state index >= 15 is 0 Å². The molecule has 23 heavy (non-hydrogen) atoms. The monoisotopic (exact) mass is 376 g/mol. The number of para-hydroxylation sites is 1. The maximum absolute atomic E-state index is 12.5. The van der Waals surface area contributed by atoms with Crippen molar-refractivity contribution >= 4 is 33.5 Å². The molecule has 122 valence electrons. The Balaban J connectivity index is 2.09. The van der Waals surface area contributed by atoms with Gasteiger partial charge >= 0.3 is 0 Å². The number of benzene rings is 1. The molecule has 0 spiro atoms. The first kappa shape index (κ1) is 17.4. The molecule has 0 unspecified atom stereocenters. The van der Waals surface area contributed by atoms with Gasteiger partial charge in [-0.25, -0.2) is 9.97 Å². The molecule has 1 N–H and O–H groups in total. The van der Waals surface area contributed by atoms with E-state index in [0.29, 0.717) is 11.5 Å². The van der Waals surface area contributed by atoms with Crippen LogP contribution < -0.4 is 5.32 Å². The van der Waals surface area contributed by atoms with Gasteiger partial charge in [0.25, 0.3) is 5.91 Å². The van der Waals surface area contributed by atoms with Gasteiger partial charge in [0.05, 0.1) is 11.3 Å². The predicted octanol–water partition coefficient (Wildman–Crippen LogP) is 4.24. The Kier molecular flexibility index (Phi) is 6.52. The smallest absolute Gasteiger partial charge is 0.256 e. The van der Waals surface area contributed by atoms with E-state index in [1.54, 1.807) is 12.4 Å². The predicted molar refractivity (Wildman–Crippen MR) is 95.9 cm³/mol. The van der Waals surface area contributed by atoms with Crippen LogP contribution in [0, 0.1) is 0 Å². The lowest BCUT2D eigenvalue weighted by Crippen LogP contribution is -2.32. The molecule has 0 radical (unpaired) electrons. The summed E-state index contributed by atoms with van der Waals surface area (Å²) in [5, 5.41) is 3.12. The van der Waals surface area contributed by atoms with Crippen LogP contribution in [0.15, 0.2) is 41.1 Å². The molecule has 0 aliphatic carbocycles. The molecule has 0 aliphatic rings. The number of nitrogens with zero attached hydrogens (tertiary/aromatic N) is 3. The zero-order chi connectivity index (χ0) is 16.7. The van der Waals surface area contributed by atoms with Crippen molar-refractivity contribution in [2.24, 2.45) is 0 Å². The first-order chi connectivity index (χ1) is 11.2. The number of anilines is 2. The van der Waals surface area contributed by atoms with Crippen LogP contribution in [-0.4, -0.2) is 33.9 Å². The number of hydrogen-bond acceptors (Lipinski definition) is 4. The molecule has 6 heteroatoms. The van der Waals surface area contributed by atoms with Crippen LogP contribution in [0.3, 0.4) is 0 Å². The molecule has 2 aromatic rings. The Morgan fingerprint density at radius 3 is 2.30 bits per heavy atom. The second kappa shape index (κ2) is 8.62. The highest BCUT2D eigenvalue weighted by Gasteiger charge is 2.15. The van der Waals surface area contributed by atoms with Crippen molar-refractivity contribution in [3.05, 3.63) is 46.7 Å². The third-order valence-electron chi connectivity index (χ3n) is 3.29. The molecular formula is C17H21BrN4O. The SMILES string of the molecule is CCCN(CCC)C(=O)c1cnc(Nc2ccccc2Br)nc1. The van der Waals surface area contributed by atoms with Crippen LogP contribution >= 0.6 is 15.9 Å². The highest BCUT2D eigenvalue weighted by Crippen LogP contribution is 2.23. The summed E-state index contributed by atoms with van der Waals surface area (Å²) in [5.41, 5.74) is 1.40. The van der Waals surface area contributed by atoms with E-state index in [1.165, 1.54) is 0 Å². The van der Waals surface area contributed by atoms with Gasteiger partial charge in [0, 0.05) is 30.0 Å². The fourth-order valence-electron chi connectivity index (χ4n) is 2.22. The number of carbonyl (C=O) groups is 1. The molecule has 1 amide bonds. The first-order valence-corrected chi connectivity index (χ1v) is 8.57. The van der Waals surface area contributed by atoms with Crippen LogP contribution in [-0.2, 0) is 0 Å². The van der Waals surface area contributed by atoms with Gasteiger partial charge in [-0.05, 0) is 40.9 Å². The number of halogens is 1. The molecule has 0 fully saturated rings. The molecule has 2 rings (SSSR count). The summed E-state index contributed by atoms with van der Waals surface area (Å²) in [6.45, 7) is 5.64. The largest absolute Gasteiger partial charge is 0.339 e. The number of amides is 1. The summed E-state index contributed by atoms with van der Waals surface area (Å²) in [6, 6.07) is 7.73. The minimum atomic E-state index is -0.0128. The minimum absolute atomic E-state index is 0.0128. The van der Waals surface area contributed by atoms with Crippen LogP contribution in [0.1, 0.15) is 37.0 Å². The van der Waals surface area contributed by atoms with E-state index in [2.05, 4.69) is 45.1 Å². The molecule has 0 bridgehead atoms. The van der Waals surface area contributed by atoms with Crippen molar-refractivity contribution in [2.75, 3.05) is 18.4 Å². The number of rotatable bonds is 7. The third kappa shape index (κ3) is 4.76. The van der Waals surface area contributed by atoms with Gasteiger partial charge in [-0.2, -0.15) is 0 Å². The Hall–Kier alpha value is -1.95. The van der Waals surface area contributed by atoms with Crippen LogP contribution in [0.25, 0.3) is 0 Å². The number of nitrogens with one attached hydrogen (secondary N) is 1. The average molecular weight is 377 g/mol. The summed E-state index contributed by atoms with van der Waals surface area (Å²) in [4.78, 5) is 22.8. The van der Waals surface area contributed by atoms with Crippen molar-refractivity contribution in [1.29, 1.82) is 0 Å². The zero-order valence-corrected chi connectivity index (χ0v) is 15.0. The molecule has 0 saturated carbocycles. The minimum Gasteiger partial charge on any atom is -0.339 e. The topological polar surface area (TPSA) is 58.1 Å². The van der Waals surface area contributed by atoms with Gasteiger partial charge in [0.1, 0.15) is 0 Å². The molecule has 1 heterocycles. The summed E-state index contributed by atoms with van der Waals surface area (Å²) in [6.07, 6.45) is 5.03. The number of carbonyl (C=O) groups excluding carboxylic acids is 1. The van der Waals surface area contributed by atoms with Crippen molar-refractivity contribution in [1.82, 2.24) is 14.9 Å². The Morgan fingerprint density at radius 2 is 1.74 bits per heavy atom. The maximum Gasteiger partial charge on any atom is 0.256 e. The van der Waals surface area contributed by atoms with Crippen LogP contribution in [0.5, 0.6) is 0 Å². The standard InChI is InChI=1S/C17H21BrN4O/c1-3-9-22(10-4-2)16(23)13-11-19-17(20-12-13)21-15-8-6-5-7-14(15)18/h5-8,11-12H,3-4,9-10H2,1-2H3,(H,19,20,21). The zero-order valence-electron chi connectivity index (χ0n) is 13.4. The summed E-state index contributed by atoms with van der Waals surface area (Å²) in [7, 11) is 0. The summed E-state index contributed by atoms with van der Waals surface area (Å²) < 4.78 is 0.931.